The number of aryl methyl sites for hydroxylation is 1. The molecule has 0 radical (unpaired) electrons. The predicted octanol–water partition coefficient (Wildman–Crippen LogP) is 2.69. The summed E-state index contributed by atoms with van der Waals surface area (Å²) in [4.78, 5) is 12.1. The lowest BCUT2D eigenvalue weighted by Gasteiger charge is -2.41. The van der Waals surface area contributed by atoms with E-state index in [1.807, 2.05) is 35.4 Å². The molecule has 0 aromatic carbocycles. The monoisotopic (exact) mass is 417 g/mol. The Morgan fingerprint density at radius 2 is 2.00 bits per heavy atom. The number of aromatic nitrogens is 5. The highest BCUT2D eigenvalue weighted by Gasteiger charge is 2.47. The molecule has 2 fully saturated rings. The molecular formula is C23H27N7O. The van der Waals surface area contributed by atoms with Gasteiger partial charge in [-0.1, -0.05) is 6.07 Å². The molecule has 2 N–H and O–H groups in total. The van der Waals surface area contributed by atoms with Crippen LogP contribution in [0.5, 0.6) is 0 Å². The van der Waals surface area contributed by atoms with E-state index in [1.54, 1.807) is 0 Å². The Bertz CT molecular complexity index is 1270. The van der Waals surface area contributed by atoms with Crippen molar-refractivity contribution in [2.75, 3.05) is 24.6 Å². The van der Waals surface area contributed by atoms with E-state index in [-0.39, 0.29) is 17.6 Å². The van der Waals surface area contributed by atoms with Gasteiger partial charge in [-0.3, -0.25) is 4.40 Å². The minimum absolute atomic E-state index is 0.0954. The molecule has 2 saturated heterocycles. The average molecular weight is 418 g/mol. The molecule has 2 atom stereocenters. The van der Waals surface area contributed by atoms with Gasteiger partial charge >= 0.3 is 0 Å². The van der Waals surface area contributed by atoms with Crippen molar-refractivity contribution in [3.05, 3.63) is 48.7 Å². The lowest BCUT2D eigenvalue weighted by molar-refractivity contribution is 0.0973. The average Bonchev–Trinajstić information content (AvgIpc) is 3.50. The van der Waals surface area contributed by atoms with Crippen LogP contribution in [-0.4, -0.2) is 55.8 Å². The molecule has 0 unspecified atom stereocenters. The van der Waals surface area contributed by atoms with Gasteiger partial charge in [-0.2, -0.15) is 5.10 Å². The third kappa shape index (κ3) is 2.78. The van der Waals surface area contributed by atoms with Gasteiger partial charge < -0.3 is 15.4 Å². The molecule has 8 heteroatoms. The van der Waals surface area contributed by atoms with E-state index in [2.05, 4.69) is 40.4 Å². The van der Waals surface area contributed by atoms with Crippen LogP contribution in [0.1, 0.15) is 25.5 Å². The summed E-state index contributed by atoms with van der Waals surface area (Å²) < 4.78 is 9.89. The smallest absolute Gasteiger partial charge is 0.211 e. The predicted molar refractivity (Wildman–Crippen MR) is 119 cm³/mol. The van der Waals surface area contributed by atoms with Crippen molar-refractivity contribution in [2.45, 2.75) is 38.8 Å². The molecule has 8 nitrogen and oxygen atoms in total. The van der Waals surface area contributed by atoms with Gasteiger partial charge in [0.25, 0.3) is 0 Å². The summed E-state index contributed by atoms with van der Waals surface area (Å²) in [5.74, 6) is 0.948. The number of ether oxygens (including phenoxy) is 1. The molecule has 1 spiro atoms. The van der Waals surface area contributed by atoms with E-state index < -0.39 is 0 Å². The fourth-order valence-electron chi connectivity index (χ4n) is 5.32. The SMILES string of the molecule is Cc1nc(N2CCC3(CC2)CO[C@@H](C)[C@H]3N)n2ccnc2c1-c1ccc2ccnn2c1. The van der Waals surface area contributed by atoms with Crippen molar-refractivity contribution in [1.29, 1.82) is 0 Å². The minimum atomic E-state index is 0.0954. The van der Waals surface area contributed by atoms with Crippen LogP contribution in [0.2, 0.25) is 0 Å². The van der Waals surface area contributed by atoms with Crippen molar-refractivity contribution in [1.82, 2.24) is 24.0 Å². The summed E-state index contributed by atoms with van der Waals surface area (Å²) in [6.45, 7) is 6.76. The van der Waals surface area contributed by atoms with Gasteiger partial charge in [0.05, 0.1) is 23.9 Å². The third-order valence-corrected chi connectivity index (χ3v) is 7.28. The Balaban J connectivity index is 1.37. The lowest BCUT2D eigenvalue weighted by atomic mass is 9.73. The van der Waals surface area contributed by atoms with Gasteiger partial charge in [0.2, 0.25) is 5.95 Å². The summed E-state index contributed by atoms with van der Waals surface area (Å²) in [6.07, 6.45) is 9.89. The molecular weight excluding hydrogens is 390 g/mol. The summed E-state index contributed by atoms with van der Waals surface area (Å²) >= 11 is 0. The maximum Gasteiger partial charge on any atom is 0.211 e. The summed E-state index contributed by atoms with van der Waals surface area (Å²) in [5.41, 5.74) is 11.7. The van der Waals surface area contributed by atoms with Crippen LogP contribution < -0.4 is 10.6 Å². The quantitative estimate of drug-likeness (QED) is 0.540. The largest absolute Gasteiger partial charge is 0.376 e. The van der Waals surface area contributed by atoms with Gasteiger partial charge in [0, 0.05) is 60.5 Å². The number of nitrogens with two attached hydrogens (primary N) is 1. The molecule has 2 aliphatic heterocycles. The normalized spacial score (nSPS) is 23.4. The second-order valence-electron chi connectivity index (χ2n) is 9.00. The first kappa shape index (κ1) is 18.8. The van der Waals surface area contributed by atoms with E-state index in [4.69, 9.17) is 20.4 Å². The lowest BCUT2D eigenvalue weighted by Crippen LogP contribution is -2.51. The highest BCUT2D eigenvalue weighted by molar-refractivity contribution is 5.81. The molecule has 6 rings (SSSR count). The van der Waals surface area contributed by atoms with Crippen LogP contribution in [0.4, 0.5) is 5.95 Å². The molecule has 0 saturated carbocycles. The second kappa shape index (κ2) is 6.77. The zero-order valence-electron chi connectivity index (χ0n) is 17.9. The molecule has 31 heavy (non-hydrogen) atoms. The Morgan fingerprint density at radius 1 is 1.16 bits per heavy atom. The zero-order chi connectivity index (χ0) is 21.2. The highest BCUT2D eigenvalue weighted by Crippen LogP contribution is 2.42. The summed E-state index contributed by atoms with van der Waals surface area (Å²) in [6, 6.07) is 6.29. The van der Waals surface area contributed by atoms with Gasteiger partial charge in [-0.15, -0.1) is 0 Å². The molecule has 2 aliphatic rings. The third-order valence-electron chi connectivity index (χ3n) is 7.28. The van der Waals surface area contributed by atoms with Crippen LogP contribution in [0.15, 0.2) is 43.0 Å². The molecule has 6 heterocycles. The van der Waals surface area contributed by atoms with Crippen molar-refractivity contribution in [3.63, 3.8) is 0 Å². The van der Waals surface area contributed by atoms with E-state index in [1.165, 1.54) is 0 Å². The number of hydrogen-bond donors (Lipinski definition) is 1. The first-order valence-corrected chi connectivity index (χ1v) is 11.0. The van der Waals surface area contributed by atoms with E-state index in [9.17, 15) is 0 Å². The molecule has 0 bridgehead atoms. The molecule has 0 amide bonds. The first-order valence-electron chi connectivity index (χ1n) is 11.0. The molecule has 0 aliphatic carbocycles. The van der Waals surface area contributed by atoms with Gasteiger partial charge in [-0.05, 0) is 38.8 Å². The second-order valence-corrected chi connectivity index (χ2v) is 9.00. The van der Waals surface area contributed by atoms with E-state index >= 15 is 0 Å². The number of imidazole rings is 1. The molecule has 4 aromatic heterocycles. The standard InChI is InChI=1S/C23H27N7O/c1-15-19(17-3-4-18-5-8-26-30(18)13-17)21-25-9-12-29(21)22(27-15)28-10-6-23(7-11-28)14-31-16(2)20(23)24/h3-5,8-9,12-13,16,20H,6-7,10-11,14,24H2,1-2H3/t16-,20+/m0/s1. The Kier molecular flexibility index (Phi) is 4.10. The number of anilines is 1. The zero-order valence-corrected chi connectivity index (χ0v) is 17.9. The maximum absolute atomic E-state index is 6.50. The van der Waals surface area contributed by atoms with Gasteiger partial charge in [0.1, 0.15) is 5.65 Å². The summed E-state index contributed by atoms with van der Waals surface area (Å²) in [7, 11) is 0. The van der Waals surface area contributed by atoms with Crippen molar-refractivity contribution in [2.24, 2.45) is 11.1 Å². The van der Waals surface area contributed by atoms with Gasteiger partial charge in [-0.25, -0.2) is 14.5 Å². The Labute approximate surface area is 180 Å². The van der Waals surface area contributed by atoms with E-state index in [0.717, 1.165) is 66.5 Å². The van der Waals surface area contributed by atoms with Crippen molar-refractivity contribution in [3.8, 4) is 11.1 Å². The number of piperidine rings is 1. The maximum atomic E-state index is 6.50. The van der Waals surface area contributed by atoms with Gasteiger partial charge in [0.15, 0.2) is 0 Å². The highest BCUT2D eigenvalue weighted by atomic mass is 16.5. The summed E-state index contributed by atoms with van der Waals surface area (Å²) in [5, 5.41) is 4.38. The fraction of sp³-hybridized carbons (Fsp3) is 0.435. The Morgan fingerprint density at radius 3 is 2.77 bits per heavy atom. The molecule has 4 aromatic rings. The number of rotatable bonds is 2. The van der Waals surface area contributed by atoms with Crippen LogP contribution >= 0.6 is 0 Å². The van der Waals surface area contributed by atoms with Crippen molar-refractivity contribution >= 4 is 17.1 Å². The minimum Gasteiger partial charge on any atom is -0.376 e. The van der Waals surface area contributed by atoms with Crippen LogP contribution in [0.25, 0.3) is 22.3 Å². The number of hydrogen-bond acceptors (Lipinski definition) is 6. The first-order chi connectivity index (χ1) is 15.1. The number of fused-ring (bicyclic) bond motifs is 2. The topological polar surface area (TPSA) is 86.0 Å². The van der Waals surface area contributed by atoms with Crippen molar-refractivity contribution < 1.29 is 4.74 Å². The fourth-order valence-corrected chi connectivity index (χ4v) is 5.32. The van der Waals surface area contributed by atoms with Crippen LogP contribution in [0, 0.1) is 12.3 Å². The number of pyridine rings is 1. The van der Waals surface area contributed by atoms with Crippen LogP contribution in [0.3, 0.4) is 0 Å². The number of nitrogens with zero attached hydrogens (tertiary/aromatic N) is 6. The van der Waals surface area contributed by atoms with E-state index in [0.29, 0.717) is 0 Å². The Hall–Kier alpha value is -2.97. The molecule has 160 valence electrons. The van der Waals surface area contributed by atoms with Crippen LogP contribution in [-0.2, 0) is 4.74 Å².